The summed E-state index contributed by atoms with van der Waals surface area (Å²) < 4.78 is 0. The van der Waals surface area contributed by atoms with Crippen LogP contribution in [0.25, 0.3) is 0 Å². The van der Waals surface area contributed by atoms with Crippen molar-refractivity contribution in [1.82, 2.24) is 4.90 Å². The van der Waals surface area contributed by atoms with Gasteiger partial charge in [-0.15, -0.1) is 0 Å². The van der Waals surface area contributed by atoms with Crippen LogP contribution in [0.5, 0.6) is 0 Å². The lowest BCUT2D eigenvalue weighted by Crippen LogP contribution is -2.43. The van der Waals surface area contributed by atoms with E-state index in [0.29, 0.717) is 26.1 Å². The second kappa shape index (κ2) is 7.84. The second-order valence-electron chi connectivity index (χ2n) is 4.39. The minimum Gasteiger partial charge on any atom is -0.480 e. The Bertz CT molecular complexity index is 354. The van der Waals surface area contributed by atoms with Crippen LogP contribution in [0.2, 0.25) is 0 Å². The molecule has 4 nitrogen and oxygen atoms in total. The van der Waals surface area contributed by atoms with E-state index in [1.54, 1.807) is 0 Å². The Labute approximate surface area is 108 Å². The van der Waals surface area contributed by atoms with E-state index in [4.69, 9.17) is 5.73 Å². The van der Waals surface area contributed by atoms with Crippen LogP contribution in [0.1, 0.15) is 25.3 Å². The van der Waals surface area contributed by atoms with Gasteiger partial charge in [0.15, 0.2) is 0 Å². The molecule has 3 N–H and O–H groups in total. The zero-order valence-corrected chi connectivity index (χ0v) is 10.9. The molecular formula is C14H22N2O2. The van der Waals surface area contributed by atoms with Crippen LogP contribution < -0.4 is 5.73 Å². The van der Waals surface area contributed by atoms with E-state index in [9.17, 15) is 9.90 Å². The molecule has 0 heterocycles. The molecule has 4 heteroatoms. The molecule has 0 spiro atoms. The first-order valence-electron chi connectivity index (χ1n) is 6.39. The van der Waals surface area contributed by atoms with Crippen LogP contribution in [0.4, 0.5) is 0 Å². The minimum absolute atomic E-state index is 0.446. The number of rotatable bonds is 8. The first kappa shape index (κ1) is 14.7. The van der Waals surface area contributed by atoms with E-state index in [-0.39, 0.29) is 0 Å². The maximum atomic E-state index is 11.3. The van der Waals surface area contributed by atoms with E-state index < -0.39 is 12.0 Å². The van der Waals surface area contributed by atoms with E-state index >= 15 is 0 Å². The number of nitrogens with zero attached hydrogens (tertiary/aromatic N) is 1. The molecule has 0 aliphatic carbocycles. The molecule has 0 aliphatic heterocycles. The van der Waals surface area contributed by atoms with Crippen LogP contribution in [-0.2, 0) is 11.3 Å². The Hall–Kier alpha value is -1.39. The molecule has 0 fully saturated rings. The van der Waals surface area contributed by atoms with Crippen molar-refractivity contribution in [3.63, 3.8) is 0 Å². The van der Waals surface area contributed by atoms with Gasteiger partial charge >= 0.3 is 5.97 Å². The van der Waals surface area contributed by atoms with Crippen LogP contribution >= 0.6 is 0 Å². The molecule has 0 radical (unpaired) electrons. The maximum absolute atomic E-state index is 11.3. The van der Waals surface area contributed by atoms with Gasteiger partial charge in [0.05, 0.1) is 0 Å². The Morgan fingerprint density at radius 2 is 2.06 bits per heavy atom. The number of nitrogens with two attached hydrogens (primary N) is 1. The second-order valence-corrected chi connectivity index (χ2v) is 4.39. The summed E-state index contributed by atoms with van der Waals surface area (Å²) in [6.07, 6.45) is 1.51. The fourth-order valence-corrected chi connectivity index (χ4v) is 2.06. The lowest BCUT2D eigenvalue weighted by atomic mass is 10.1. The summed E-state index contributed by atoms with van der Waals surface area (Å²) in [6.45, 7) is 3.71. The lowest BCUT2D eigenvalue weighted by molar-refractivity contribution is -0.143. The first-order chi connectivity index (χ1) is 8.69. The highest BCUT2D eigenvalue weighted by atomic mass is 16.4. The number of hydrogen-bond acceptors (Lipinski definition) is 3. The Kier molecular flexibility index (Phi) is 6.39. The third-order valence-electron chi connectivity index (χ3n) is 2.93. The average molecular weight is 250 g/mol. The molecule has 1 aromatic rings. The molecule has 1 unspecified atom stereocenters. The van der Waals surface area contributed by atoms with E-state index in [1.807, 2.05) is 42.2 Å². The molecule has 0 aromatic heterocycles. The predicted molar refractivity (Wildman–Crippen MR) is 72.2 cm³/mol. The lowest BCUT2D eigenvalue weighted by Gasteiger charge is -2.28. The van der Waals surface area contributed by atoms with Gasteiger partial charge in [0.2, 0.25) is 0 Å². The summed E-state index contributed by atoms with van der Waals surface area (Å²) in [7, 11) is 0. The van der Waals surface area contributed by atoms with Gasteiger partial charge in [0.1, 0.15) is 6.04 Å². The fraction of sp³-hybridized carbons (Fsp3) is 0.500. The van der Waals surface area contributed by atoms with Gasteiger partial charge in [0.25, 0.3) is 0 Å². The molecule has 1 aromatic carbocycles. The molecular weight excluding hydrogens is 228 g/mol. The smallest absolute Gasteiger partial charge is 0.320 e. The number of hydrogen-bond donors (Lipinski definition) is 2. The van der Waals surface area contributed by atoms with Gasteiger partial charge in [-0.25, -0.2) is 0 Å². The van der Waals surface area contributed by atoms with Crippen molar-refractivity contribution in [3.05, 3.63) is 35.9 Å². The van der Waals surface area contributed by atoms with Crippen molar-refractivity contribution in [2.75, 3.05) is 13.1 Å². The summed E-state index contributed by atoms with van der Waals surface area (Å²) >= 11 is 0. The molecule has 0 aliphatic rings. The Morgan fingerprint density at radius 1 is 1.39 bits per heavy atom. The fourth-order valence-electron chi connectivity index (χ4n) is 2.06. The number of aliphatic carboxylic acids is 1. The van der Waals surface area contributed by atoms with Crippen molar-refractivity contribution >= 4 is 5.97 Å². The predicted octanol–water partition coefficient (Wildman–Crippen LogP) is 1.70. The summed E-state index contributed by atoms with van der Waals surface area (Å²) in [6, 6.07) is 9.45. The number of benzene rings is 1. The number of carbonyl (C=O) groups is 1. The van der Waals surface area contributed by atoms with Crippen LogP contribution in [-0.4, -0.2) is 35.1 Å². The van der Waals surface area contributed by atoms with Gasteiger partial charge in [-0.05, 0) is 12.0 Å². The molecule has 0 saturated carbocycles. The first-order valence-corrected chi connectivity index (χ1v) is 6.39. The number of carboxylic acid groups (broad SMARTS) is 1. The highest BCUT2D eigenvalue weighted by molar-refractivity contribution is 5.73. The van der Waals surface area contributed by atoms with Crippen molar-refractivity contribution in [1.29, 1.82) is 0 Å². The highest BCUT2D eigenvalue weighted by Gasteiger charge is 2.24. The van der Waals surface area contributed by atoms with E-state index in [0.717, 1.165) is 12.0 Å². The molecule has 1 rings (SSSR count). The quantitative estimate of drug-likeness (QED) is 0.737. The molecule has 0 saturated heterocycles. The van der Waals surface area contributed by atoms with Gasteiger partial charge < -0.3 is 10.8 Å². The molecule has 18 heavy (non-hydrogen) atoms. The normalized spacial score (nSPS) is 12.6. The van der Waals surface area contributed by atoms with Crippen LogP contribution in [0.3, 0.4) is 0 Å². The SMILES string of the molecule is CCCC(C(=O)O)N(CCN)Cc1ccccc1. The highest BCUT2D eigenvalue weighted by Crippen LogP contribution is 2.12. The van der Waals surface area contributed by atoms with E-state index in [1.165, 1.54) is 0 Å². The molecule has 0 amide bonds. The summed E-state index contributed by atoms with van der Waals surface area (Å²) in [5.74, 6) is -0.763. The zero-order valence-electron chi connectivity index (χ0n) is 10.9. The van der Waals surface area contributed by atoms with Crippen molar-refractivity contribution in [2.24, 2.45) is 5.73 Å². The third kappa shape index (κ3) is 4.47. The maximum Gasteiger partial charge on any atom is 0.320 e. The van der Waals surface area contributed by atoms with Crippen molar-refractivity contribution in [2.45, 2.75) is 32.4 Å². The zero-order chi connectivity index (χ0) is 13.4. The molecule has 0 bridgehead atoms. The Balaban J connectivity index is 2.76. The minimum atomic E-state index is -0.763. The van der Waals surface area contributed by atoms with Gasteiger partial charge in [-0.1, -0.05) is 43.7 Å². The summed E-state index contributed by atoms with van der Waals surface area (Å²) in [4.78, 5) is 13.3. The molecule has 100 valence electrons. The van der Waals surface area contributed by atoms with Crippen molar-refractivity contribution < 1.29 is 9.90 Å². The molecule has 1 atom stereocenters. The van der Waals surface area contributed by atoms with E-state index in [2.05, 4.69) is 0 Å². The third-order valence-corrected chi connectivity index (χ3v) is 2.93. The Morgan fingerprint density at radius 3 is 2.56 bits per heavy atom. The van der Waals surface area contributed by atoms with Crippen LogP contribution in [0, 0.1) is 0 Å². The number of carboxylic acids is 1. The monoisotopic (exact) mass is 250 g/mol. The van der Waals surface area contributed by atoms with Crippen molar-refractivity contribution in [3.8, 4) is 0 Å². The van der Waals surface area contributed by atoms with Gasteiger partial charge in [0, 0.05) is 19.6 Å². The van der Waals surface area contributed by atoms with Gasteiger partial charge in [-0.3, -0.25) is 9.69 Å². The standard InChI is InChI=1S/C14H22N2O2/c1-2-6-13(14(17)18)16(10-9-15)11-12-7-4-3-5-8-12/h3-5,7-8,13H,2,6,9-11,15H2,1H3,(H,17,18). The van der Waals surface area contributed by atoms with Gasteiger partial charge in [-0.2, -0.15) is 0 Å². The topological polar surface area (TPSA) is 66.6 Å². The van der Waals surface area contributed by atoms with Crippen LogP contribution in [0.15, 0.2) is 30.3 Å². The largest absolute Gasteiger partial charge is 0.480 e. The summed E-state index contributed by atoms with van der Waals surface area (Å²) in [5, 5.41) is 9.30. The average Bonchev–Trinajstić information content (AvgIpc) is 2.36. The summed E-state index contributed by atoms with van der Waals surface area (Å²) in [5.41, 5.74) is 6.70.